The molecule has 0 saturated carbocycles. The van der Waals surface area contributed by atoms with Crippen LogP contribution in [0.25, 0.3) is 11.2 Å². The molecule has 0 amide bonds. The molecular weight excluding hydrogens is 588 g/mol. The van der Waals surface area contributed by atoms with Gasteiger partial charge < -0.3 is 4.98 Å². The smallest absolute Gasteiger partial charge is 0.333 e. The Morgan fingerprint density at radius 2 is 1.71 bits per heavy atom. The van der Waals surface area contributed by atoms with Gasteiger partial charge in [0.15, 0.2) is 5.65 Å². The van der Waals surface area contributed by atoms with E-state index in [-0.39, 0.29) is 45.3 Å². The van der Waals surface area contributed by atoms with Gasteiger partial charge in [-0.2, -0.15) is 0 Å². The van der Waals surface area contributed by atoms with Crippen molar-refractivity contribution in [2.24, 2.45) is 0 Å². The average Bonchev–Trinajstić information content (AvgIpc) is 3.38. The fraction of sp³-hybridized carbons (Fsp3) is 0.207. The summed E-state index contributed by atoms with van der Waals surface area (Å²) < 4.78 is 58.0. The Labute approximate surface area is 244 Å². The Balaban J connectivity index is 1.43. The van der Waals surface area contributed by atoms with Crippen LogP contribution in [0.3, 0.4) is 0 Å². The number of H-pyrrole nitrogens is 1. The molecule has 42 heavy (non-hydrogen) atoms. The molecule has 0 spiro atoms. The number of hydrogen-bond donors (Lipinski definition) is 2. The van der Waals surface area contributed by atoms with Crippen molar-refractivity contribution in [3.8, 4) is 0 Å². The summed E-state index contributed by atoms with van der Waals surface area (Å²) in [6.45, 7) is 2.09. The number of aryl methyl sites for hydroxylation is 1. The van der Waals surface area contributed by atoms with Gasteiger partial charge in [0.1, 0.15) is 23.0 Å². The van der Waals surface area contributed by atoms with Gasteiger partial charge in [0, 0.05) is 24.2 Å². The van der Waals surface area contributed by atoms with E-state index in [1.54, 1.807) is 30.3 Å². The number of imidazole rings is 1. The van der Waals surface area contributed by atoms with Crippen molar-refractivity contribution in [3.63, 3.8) is 0 Å². The summed E-state index contributed by atoms with van der Waals surface area (Å²) in [5.74, 6) is -0.817. The number of unbranched alkanes of at least 4 members (excludes halogenated alkanes) is 1. The largest absolute Gasteiger partial charge is 0.336 e. The molecule has 5 aromatic rings. The lowest BCUT2D eigenvalue weighted by Crippen LogP contribution is -2.40. The van der Waals surface area contributed by atoms with E-state index in [1.165, 1.54) is 22.8 Å². The molecule has 0 unspecified atom stereocenters. The number of aromatic nitrogens is 4. The summed E-state index contributed by atoms with van der Waals surface area (Å²) in [6, 6.07) is 15.6. The number of sulfonamides is 1. The molecule has 2 aromatic heterocycles. The molecule has 0 radical (unpaired) electrons. The minimum absolute atomic E-state index is 0.138. The highest BCUT2D eigenvalue weighted by atomic mass is 35.5. The third-order valence-electron chi connectivity index (χ3n) is 6.71. The number of nitrogens with zero attached hydrogens (tertiary/aromatic N) is 3. The maximum absolute atomic E-state index is 14.3. The predicted molar refractivity (Wildman–Crippen MR) is 156 cm³/mol. The lowest BCUT2D eigenvalue weighted by atomic mass is 10.1. The fourth-order valence-corrected chi connectivity index (χ4v) is 5.82. The number of anilines is 1. The molecule has 0 aliphatic carbocycles. The highest BCUT2D eigenvalue weighted by molar-refractivity contribution is 7.92. The molecule has 0 atom stereocenters. The Bertz CT molecular complexity index is 2000. The van der Waals surface area contributed by atoms with E-state index in [0.29, 0.717) is 18.8 Å². The van der Waals surface area contributed by atoms with E-state index in [9.17, 15) is 26.8 Å². The van der Waals surface area contributed by atoms with Gasteiger partial charge in [0.25, 0.3) is 15.6 Å². The second-order valence-electron chi connectivity index (χ2n) is 9.71. The quantitative estimate of drug-likeness (QED) is 0.228. The first-order chi connectivity index (χ1) is 20.1. The molecule has 0 fully saturated rings. The van der Waals surface area contributed by atoms with Gasteiger partial charge >= 0.3 is 5.69 Å². The first-order valence-corrected chi connectivity index (χ1v) is 15.0. The molecule has 2 heterocycles. The first-order valence-electron chi connectivity index (χ1n) is 13.1. The normalized spacial score (nSPS) is 11.7. The minimum atomic E-state index is -4.01. The molecule has 0 aliphatic heterocycles. The van der Waals surface area contributed by atoms with Crippen LogP contribution in [-0.2, 0) is 29.5 Å². The van der Waals surface area contributed by atoms with Gasteiger partial charge in [-0.3, -0.25) is 18.7 Å². The lowest BCUT2D eigenvalue weighted by molar-refractivity contribution is 0.553. The molecule has 0 aliphatic rings. The van der Waals surface area contributed by atoms with Gasteiger partial charge in [0.2, 0.25) is 0 Å². The SMILES string of the molecule is CCCCn1c(=O)n(Cc2ccccc2F)c(=O)c2[nH]c(Cc3ccc(NS(=O)(=O)c4ccc(F)c(Cl)c4)cc3)nc21. The molecule has 218 valence electrons. The van der Waals surface area contributed by atoms with Crippen LogP contribution >= 0.6 is 11.6 Å². The van der Waals surface area contributed by atoms with Crippen molar-refractivity contribution in [1.29, 1.82) is 0 Å². The van der Waals surface area contributed by atoms with Crippen molar-refractivity contribution < 1.29 is 17.2 Å². The van der Waals surface area contributed by atoms with Gasteiger partial charge in [0.05, 0.1) is 16.5 Å². The molecule has 5 rings (SSSR count). The lowest BCUT2D eigenvalue weighted by Gasteiger charge is -2.11. The number of nitrogens with one attached hydrogen (secondary N) is 2. The molecule has 3 aromatic carbocycles. The van der Waals surface area contributed by atoms with E-state index in [0.717, 1.165) is 34.8 Å². The van der Waals surface area contributed by atoms with E-state index >= 15 is 0 Å². The Kier molecular flexibility index (Phi) is 8.28. The Morgan fingerprint density at radius 3 is 2.40 bits per heavy atom. The van der Waals surface area contributed by atoms with E-state index < -0.39 is 32.9 Å². The summed E-state index contributed by atoms with van der Waals surface area (Å²) >= 11 is 5.72. The number of benzene rings is 3. The number of halogens is 3. The number of fused-ring (bicyclic) bond motifs is 1. The second kappa shape index (κ2) is 11.9. The van der Waals surface area contributed by atoms with Crippen molar-refractivity contribution in [2.45, 2.75) is 44.2 Å². The topological polar surface area (TPSA) is 119 Å². The van der Waals surface area contributed by atoms with Crippen LogP contribution in [-0.4, -0.2) is 27.5 Å². The third kappa shape index (κ3) is 6.00. The van der Waals surface area contributed by atoms with Gasteiger partial charge in [-0.1, -0.05) is 55.3 Å². The van der Waals surface area contributed by atoms with Crippen LogP contribution in [0.15, 0.2) is 81.2 Å². The number of rotatable bonds is 10. The van der Waals surface area contributed by atoms with E-state index in [4.69, 9.17) is 11.6 Å². The second-order valence-corrected chi connectivity index (χ2v) is 11.8. The monoisotopic (exact) mass is 613 g/mol. The predicted octanol–water partition coefficient (Wildman–Crippen LogP) is 5.06. The zero-order chi connectivity index (χ0) is 30.0. The zero-order valence-electron chi connectivity index (χ0n) is 22.4. The van der Waals surface area contributed by atoms with Crippen LogP contribution in [0.4, 0.5) is 14.5 Å². The van der Waals surface area contributed by atoms with Crippen molar-refractivity contribution >= 4 is 38.5 Å². The first kappa shape index (κ1) is 29.2. The summed E-state index contributed by atoms with van der Waals surface area (Å²) in [5.41, 5.74) is 0.428. The average molecular weight is 614 g/mol. The maximum Gasteiger partial charge on any atom is 0.333 e. The van der Waals surface area contributed by atoms with Crippen molar-refractivity contribution in [1.82, 2.24) is 19.1 Å². The fourth-order valence-electron chi connectivity index (χ4n) is 4.49. The number of aromatic amines is 1. The Hall–Kier alpha value is -4.29. The van der Waals surface area contributed by atoms with Crippen LogP contribution < -0.4 is 16.0 Å². The summed E-state index contributed by atoms with van der Waals surface area (Å²) in [4.78, 5) is 34.1. The molecular formula is C29H26ClF2N5O4S. The number of hydrogen-bond acceptors (Lipinski definition) is 5. The van der Waals surface area contributed by atoms with E-state index in [2.05, 4.69) is 14.7 Å². The summed E-state index contributed by atoms with van der Waals surface area (Å²) in [6.07, 6.45) is 1.74. The van der Waals surface area contributed by atoms with Crippen LogP contribution in [0.1, 0.15) is 36.7 Å². The molecule has 13 heteroatoms. The van der Waals surface area contributed by atoms with E-state index in [1.807, 2.05) is 6.92 Å². The molecule has 0 bridgehead atoms. The van der Waals surface area contributed by atoms with Gasteiger partial charge in [-0.25, -0.2) is 27.0 Å². The Morgan fingerprint density at radius 1 is 0.976 bits per heavy atom. The maximum atomic E-state index is 14.3. The molecule has 2 N–H and O–H groups in total. The standard InChI is InChI=1S/C29H26ClF2N5O4S/c1-2-3-14-36-27-26(28(38)37(29(36)39)17-19-6-4-5-7-23(19)31)33-25(34-27)15-18-8-10-20(11-9-18)35-42(40,41)21-12-13-24(32)22(30)16-21/h4-13,16,35H,2-3,14-15,17H2,1H3,(H,33,34). The van der Waals surface area contributed by atoms with Gasteiger partial charge in [-0.05, 0) is 48.4 Å². The molecule has 9 nitrogen and oxygen atoms in total. The highest BCUT2D eigenvalue weighted by Gasteiger charge is 2.19. The van der Waals surface area contributed by atoms with Gasteiger partial charge in [-0.15, -0.1) is 0 Å². The van der Waals surface area contributed by atoms with Crippen molar-refractivity contribution in [2.75, 3.05) is 4.72 Å². The highest BCUT2D eigenvalue weighted by Crippen LogP contribution is 2.22. The van der Waals surface area contributed by atoms with Crippen LogP contribution in [0, 0.1) is 11.6 Å². The summed E-state index contributed by atoms with van der Waals surface area (Å²) in [7, 11) is -4.01. The minimum Gasteiger partial charge on any atom is -0.336 e. The van der Waals surface area contributed by atoms with Crippen LogP contribution in [0.5, 0.6) is 0 Å². The summed E-state index contributed by atoms with van der Waals surface area (Å²) in [5, 5.41) is -0.307. The molecule has 0 saturated heterocycles. The van der Waals surface area contributed by atoms with Crippen LogP contribution in [0.2, 0.25) is 5.02 Å². The third-order valence-corrected chi connectivity index (χ3v) is 8.38. The zero-order valence-corrected chi connectivity index (χ0v) is 24.0. The van der Waals surface area contributed by atoms with Crippen molar-refractivity contribution in [3.05, 3.63) is 121 Å².